The van der Waals surface area contributed by atoms with Crippen LogP contribution in [0, 0.1) is 0 Å². The first-order chi connectivity index (χ1) is 12.3. The third-order valence-corrected chi connectivity index (χ3v) is 5.79. The number of anilines is 1. The van der Waals surface area contributed by atoms with E-state index in [9.17, 15) is 13.2 Å². The first-order valence-corrected chi connectivity index (χ1v) is 9.84. The Kier molecular flexibility index (Phi) is 6.63. The number of hydrogen-bond donors (Lipinski definition) is 1. The average molecular weight is 376 g/mol. The lowest BCUT2D eigenvalue weighted by molar-refractivity contribution is -0.123. The molecule has 7 heteroatoms. The van der Waals surface area contributed by atoms with Gasteiger partial charge in [-0.25, -0.2) is 8.42 Å². The molecule has 0 aliphatic heterocycles. The maximum atomic E-state index is 12.6. The van der Waals surface area contributed by atoms with Gasteiger partial charge in [-0.2, -0.15) is 0 Å². The van der Waals surface area contributed by atoms with Gasteiger partial charge in [0.05, 0.1) is 10.6 Å². The van der Waals surface area contributed by atoms with Gasteiger partial charge in [0.15, 0.2) is 6.61 Å². The van der Waals surface area contributed by atoms with Crippen LogP contribution in [-0.2, 0) is 14.8 Å². The van der Waals surface area contributed by atoms with Crippen molar-refractivity contribution < 1.29 is 17.9 Å². The zero-order chi connectivity index (χ0) is 19.2. The van der Waals surface area contributed by atoms with Crippen LogP contribution in [0.2, 0.25) is 0 Å². The summed E-state index contributed by atoms with van der Waals surface area (Å²) in [7, 11) is -2.12. The number of hydrogen-bond acceptors (Lipinski definition) is 4. The molecule has 0 saturated heterocycles. The quantitative estimate of drug-likeness (QED) is 0.769. The number of nitrogens with zero attached hydrogens (tertiary/aromatic N) is 1. The molecule has 26 heavy (non-hydrogen) atoms. The van der Waals surface area contributed by atoms with E-state index in [-0.39, 0.29) is 23.5 Å². The van der Waals surface area contributed by atoms with Crippen LogP contribution >= 0.6 is 0 Å². The zero-order valence-corrected chi connectivity index (χ0v) is 16.0. The van der Waals surface area contributed by atoms with E-state index < -0.39 is 10.0 Å². The van der Waals surface area contributed by atoms with Gasteiger partial charge >= 0.3 is 0 Å². The molecule has 2 aromatic carbocycles. The molecule has 140 valence electrons. The van der Waals surface area contributed by atoms with Crippen LogP contribution in [-0.4, -0.2) is 34.0 Å². The number of sulfonamides is 1. The van der Waals surface area contributed by atoms with Gasteiger partial charge in [-0.3, -0.25) is 9.10 Å². The molecule has 0 aliphatic carbocycles. The predicted octanol–water partition coefficient (Wildman–Crippen LogP) is 2.81. The van der Waals surface area contributed by atoms with Gasteiger partial charge < -0.3 is 10.1 Å². The van der Waals surface area contributed by atoms with E-state index in [1.165, 1.54) is 11.4 Å². The SMILES string of the molecule is CCC(C)NC(=O)COc1ccc(N(C)S(=O)(=O)c2ccccc2)cc1. The van der Waals surface area contributed by atoms with Crippen LogP contribution in [0.5, 0.6) is 5.75 Å². The van der Waals surface area contributed by atoms with Crippen molar-refractivity contribution in [1.82, 2.24) is 5.32 Å². The van der Waals surface area contributed by atoms with E-state index in [0.717, 1.165) is 6.42 Å². The van der Waals surface area contributed by atoms with E-state index in [4.69, 9.17) is 4.74 Å². The summed E-state index contributed by atoms with van der Waals surface area (Å²) < 4.78 is 31.9. The molecule has 0 heterocycles. The van der Waals surface area contributed by atoms with Crippen molar-refractivity contribution in [2.24, 2.45) is 0 Å². The topological polar surface area (TPSA) is 75.7 Å². The highest BCUT2D eigenvalue weighted by atomic mass is 32.2. The molecule has 0 fully saturated rings. The lowest BCUT2D eigenvalue weighted by Crippen LogP contribution is -2.35. The fourth-order valence-corrected chi connectivity index (χ4v) is 3.43. The standard InChI is InChI=1S/C19H24N2O4S/c1-4-15(2)20-19(22)14-25-17-12-10-16(11-13-17)21(3)26(23,24)18-8-6-5-7-9-18/h5-13,15H,4,14H2,1-3H3,(H,20,22). The van der Waals surface area contributed by atoms with Crippen LogP contribution in [0.25, 0.3) is 0 Å². The fourth-order valence-electron chi connectivity index (χ4n) is 2.21. The van der Waals surface area contributed by atoms with E-state index in [1.807, 2.05) is 13.8 Å². The molecule has 0 spiro atoms. The Bertz CT molecular complexity index is 820. The number of benzene rings is 2. The number of ether oxygens (including phenoxy) is 1. The van der Waals surface area contributed by atoms with Crippen molar-refractivity contribution in [3.63, 3.8) is 0 Å². The van der Waals surface area contributed by atoms with Gasteiger partial charge in [0.25, 0.3) is 15.9 Å². The second-order valence-electron chi connectivity index (χ2n) is 5.94. The Balaban J connectivity index is 2.02. The summed E-state index contributed by atoms with van der Waals surface area (Å²) in [6, 6.07) is 14.9. The first-order valence-electron chi connectivity index (χ1n) is 8.40. The number of amides is 1. The van der Waals surface area contributed by atoms with Crippen LogP contribution in [0.3, 0.4) is 0 Å². The Morgan fingerprint density at radius 3 is 2.31 bits per heavy atom. The summed E-state index contributed by atoms with van der Waals surface area (Å²) >= 11 is 0. The minimum absolute atomic E-state index is 0.0815. The van der Waals surface area contributed by atoms with Gasteiger partial charge in [-0.15, -0.1) is 0 Å². The van der Waals surface area contributed by atoms with Crippen molar-refractivity contribution in [3.8, 4) is 5.75 Å². The maximum absolute atomic E-state index is 12.6. The summed E-state index contributed by atoms with van der Waals surface area (Å²) in [5.74, 6) is 0.311. The molecule has 0 radical (unpaired) electrons. The van der Waals surface area contributed by atoms with Crippen molar-refractivity contribution in [2.75, 3.05) is 18.0 Å². The molecule has 1 amide bonds. The molecular weight excluding hydrogens is 352 g/mol. The second kappa shape index (κ2) is 8.71. The molecule has 1 atom stereocenters. The normalized spacial score (nSPS) is 12.3. The van der Waals surface area contributed by atoms with Crippen molar-refractivity contribution in [1.29, 1.82) is 0 Å². The molecule has 0 aliphatic rings. The van der Waals surface area contributed by atoms with Crippen molar-refractivity contribution >= 4 is 21.6 Å². The van der Waals surface area contributed by atoms with Gasteiger partial charge in [0.1, 0.15) is 5.75 Å². The summed E-state index contributed by atoms with van der Waals surface area (Å²) in [5.41, 5.74) is 0.505. The highest BCUT2D eigenvalue weighted by Crippen LogP contribution is 2.24. The van der Waals surface area contributed by atoms with Gasteiger partial charge in [0, 0.05) is 13.1 Å². The molecule has 0 bridgehead atoms. The molecule has 1 N–H and O–H groups in total. The second-order valence-corrected chi connectivity index (χ2v) is 7.91. The smallest absolute Gasteiger partial charge is 0.264 e. The lowest BCUT2D eigenvalue weighted by Gasteiger charge is -2.20. The molecule has 6 nitrogen and oxygen atoms in total. The summed E-state index contributed by atoms with van der Waals surface area (Å²) in [5, 5.41) is 2.82. The summed E-state index contributed by atoms with van der Waals surface area (Å²) in [6.07, 6.45) is 0.850. The van der Waals surface area contributed by atoms with Crippen LogP contribution in [0.15, 0.2) is 59.5 Å². The highest BCUT2D eigenvalue weighted by Gasteiger charge is 2.20. The molecule has 1 unspecified atom stereocenters. The monoisotopic (exact) mass is 376 g/mol. The van der Waals surface area contributed by atoms with Gasteiger partial charge in [0.2, 0.25) is 0 Å². The molecule has 2 rings (SSSR count). The Labute approximate surface area is 154 Å². The molecule has 0 saturated carbocycles. The highest BCUT2D eigenvalue weighted by molar-refractivity contribution is 7.92. The number of nitrogens with one attached hydrogen (secondary N) is 1. The minimum atomic E-state index is -3.62. The van der Waals surface area contributed by atoms with E-state index in [2.05, 4.69) is 5.32 Å². The van der Waals surface area contributed by atoms with Crippen LogP contribution < -0.4 is 14.4 Å². The fraction of sp³-hybridized carbons (Fsp3) is 0.316. The third-order valence-electron chi connectivity index (χ3n) is 3.99. The number of carbonyl (C=O) groups is 1. The number of rotatable bonds is 8. The van der Waals surface area contributed by atoms with Crippen LogP contribution in [0.4, 0.5) is 5.69 Å². The lowest BCUT2D eigenvalue weighted by atomic mass is 10.2. The van der Waals surface area contributed by atoms with E-state index in [1.54, 1.807) is 54.6 Å². The minimum Gasteiger partial charge on any atom is -0.484 e. The molecular formula is C19H24N2O4S. The third kappa shape index (κ3) is 4.98. The van der Waals surface area contributed by atoms with E-state index in [0.29, 0.717) is 11.4 Å². The van der Waals surface area contributed by atoms with Crippen LogP contribution in [0.1, 0.15) is 20.3 Å². The summed E-state index contributed by atoms with van der Waals surface area (Å²) in [6.45, 7) is 3.84. The van der Waals surface area contributed by atoms with Crippen molar-refractivity contribution in [3.05, 3.63) is 54.6 Å². The van der Waals surface area contributed by atoms with E-state index >= 15 is 0 Å². The Hall–Kier alpha value is -2.54. The Morgan fingerprint density at radius 1 is 1.12 bits per heavy atom. The maximum Gasteiger partial charge on any atom is 0.264 e. The Morgan fingerprint density at radius 2 is 1.73 bits per heavy atom. The predicted molar refractivity (Wildman–Crippen MR) is 102 cm³/mol. The van der Waals surface area contributed by atoms with Gasteiger partial charge in [-0.05, 0) is 49.7 Å². The molecule has 0 aromatic heterocycles. The summed E-state index contributed by atoms with van der Waals surface area (Å²) in [4.78, 5) is 12.0. The number of carbonyl (C=O) groups excluding carboxylic acids is 1. The average Bonchev–Trinajstić information content (AvgIpc) is 2.66. The van der Waals surface area contributed by atoms with Gasteiger partial charge in [-0.1, -0.05) is 25.1 Å². The zero-order valence-electron chi connectivity index (χ0n) is 15.2. The largest absolute Gasteiger partial charge is 0.484 e. The first kappa shape index (κ1) is 19.8. The van der Waals surface area contributed by atoms with Crippen molar-refractivity contribution in [2.45, 2.75) is 31.2 Å². The molecule has 2 aromatic rings.